The molecule has 0 unspecified atom stereocenters. The van der Waals surface area contributed by atoms with E-state index in [1.165, 1.54) is 0 Å². The molecule has 3 aromatic rings. The highest BCUT2D eigenvalue weighted by molar-refractivity contribution is 9.10. The molecule has 0 amide bonds. The Labute approximate surface area is 124 Å². The lowest BCUT2D eigenvalue weighted by atomic mass is 10.2. The van der Waals surface area contributed by atoms with Crippen LogP contribution in [0.3, 0.4) is 0 Å². The SMILES string of the molecule is Cc1c(Br)cnn1CCc1nc(-c2ccccc2)no1. The van der Waals surface area contributed by atoms with Crippen LogP contribution in [-0.2, 0) is 13.0 Å². The van der Waals surface area contributed by atoms with Gasteiger partial charge in [-0.05, 0) is 22.9 Å². The lowest BCUT2D eigenvalue weighted by Crippen LogP contribution is -2.05. The zero-order valence-corrected chi connectivity index (χ0v) is 12.5. The molecule has 0 atom stereocenters. The largest absolute Gasteiger partial charge is 0.339 e. The van der Waals surface area contributed by atoms with E-state index >= 15 is 0 Å². The van der Waals surface area contributed by atoms with Crippen LogP contribution in [0.15, 0.2) is 45.5 Å². The highest BCUT2D eigenvalue weighted by atomic mass is 79.9. The summed E-state index contributed by atoms with van der Waals surface area (Å²) in [5.41, 5.74) is 2.05. The van der Waals surface area contributed by atoms with Crippen LogP contribution in [0.5, 0.6) is 0 Å². The second kappa shape index (κ2) is 5.58. The maximum atomic E-state index is 5.27. The fourth-order valence-electron chi connectivity index (χ4n) is 1.91. The van der Waals surface area contributed by atoms with E-state index in [1.807, 2.05) is 41.9 Å². The van der Waals surface area contributed by atoms with Gasteiger partial charge in [0.15, 0.2) is 0 Å². The highest BCUT2D eigenvalue weighted by Crippen LogP contribution is 2.17. The van der Waals surface area contributed by atoms with Crippen molar-refractivity contribution >= 4 is 15.9 Å². The molecule has 5 nitrogen and oxygen atoms in total. The van der Waals surface area contributed by atoms with Gasteiger partial charge in [-0.1, -0.05) is 35.5 Å². The second-order valence-corrected chi connectivity index (χ2v) is 5.28. The quantitative estimate of drug-likeness (QED) is 0.735. The van der Waals surface area contributed by atoms with Crippen molar-refractivity contribution in [2.45, 2.75) is 19.9 Å². The predicted octanol–water partition coefficient (Wildman–Crippen LogP) is 3.25. The Kier molecular flexibility index (Phi) is 3.64. The molecule has 0 fully saturated rings. The first-order valence-corrected chi connectivity index (χ1v) is 7.09. The Balaban J connectivity index is 1.70. The maximum absolute atomic E-state index is 5.27. The minimum Gasteiger partial charge on any atom is -0.339 e. The van der Waals surface area contributed by atoms with Gasteiger partial charge in [-0.25, -0.2) is 0 Å². The molecule has 3 rings (SSSR count). The Hall–Kier alpha value is -1.95. The molecular weight excluding hydrogens is 320 g/mol. The normalized spacial score (nSPS) is 10.9. The van der Waals surface area contributed by atoms with E-state index in [2.05, 4.69) is 31.2 Å². The zero-order valence-electron chi connectivity index (χ0n) is 11.0. The summed E-state index contributed by atoms with van der Waals surface area (Å²) in [5, 5.41) is 8.28. The van der Waals surface area contributed by atoms with Crippen molar-refractivity contribution < 1.29 is 4.52 Å². The first kappa shape index (κ1) is 13.1. The number of hydrogen-bond donors (Lipinski definition) is 0. The second-order valence-electron chi connectivity index (χ2n) is 4.43. The van der Waals surface area contributed by atoms with Crippen molar-refractivity contribution in [1.29, 1.82) is 0 Å². The van der Waals surface area contributed by atoms with Crippen molar-refractivity contribution in [2.75, 3.05) is 0 Å². The summed E-state index contributed by atoms with van der Waals surface area (Å²) >= 11 is 3.44. The van der Waals surface area contributed by atoms with Crippen LogP contribution >= 0.6 is 15.9 Å². The van der Waals surface area contributed by atoms with E-state index in [0.29, 0.717) is 24.7 Å². The summed E-state index contributed by atoms with van der Waals surface area (Å²) in [5.74, 6) is 1.24. The molecule has 1 aromatic carbocycles. The molecular formula is C14H13BrN4O. The van der Waals surface area contributed by atoms with Crippen LogP contribution < -0.4 is 0 Å². The summed E-state index contributed by atoms with van der Waals surface area (Å²) in [6, 6.07) is 9.79. The number of benzene rings is 1. The van der Waals surface area contributed by atoms with Crippen molar-refractivity contribution in [3.05, 3.63) is 52.6 Å². The lowest BCUT2D eigenvalue weighted by Gasteiger charge is -2.01. The summed E-state index contributed by atoms with van der Waals surface area (Å²) in [7, 11) is 0. The minimum atomic E-state index is 0.620. The van der Waals surface area contributed by atoms with Crippen LogP contribution in [0, 0.1) is 6.92 Å². The standard InChI is InChI=1S/C14H13BrN4O/c1-10-12(15)9-16-19(10)8-7-13-17-14(18-20-13)11-5-3-2-4-6-11/h2-6,9H,7-8H2,1H3. The summed E-state index contributed by atoms with van der Waals surface area (Å²) in [6.45, 7) is 2.73. The monoisotopic (exact) mass is 332 g/mol. The van der Waals surface area contributed by atoms with Crippen LogP contribution in [0.25, 0.3) is 11.4 Å². The minimum absolute atomic E-state index is 0.620. The van der Waals surface area contributed by atoms with Crippen LogP contribution in [0.1, 0.15) is 11.6 Å². The molecule has 2 heterocycles. The number of aromatic nitrogens is 4. The van der Waals surface area contributed by atoms with Gasteiger partial charge in [0.1, 0.15) is 0 Å². The smallest absolute Gasteiger partial charge is 0.228 e. The molecule has 0 N–H and O–H groups in total. The molecule has 0 aliphatic rings. The third kappa shape index (κ3) is 2.65. The fraction of sp³-hybridized carbons (Fsp3) is 0.214. The molecule has 0 radical (unpaired) electrons. The molecule has 0 aliphatic carbocycles. The van der Waals surface area contributed by atoms with Crippen LogP contribution in [-0.4, -0.2) is 19.9 Å². The average molecular weight is 333 g/mol. The number of rotatable bonds is 4. The number of halogens is 1. The Bertz CT molecular complexity index is 705. The van der Waals surface area contributed by atoms with E-state index in [1.54, 1.807) is 6.20 Å². The van der Waals surface area contributed by atoms with Gasteiger partial charge >= 0.3 is 0 Å². The van der Waals surface area contributed by atoms with E-state index in [4.69, 9.17) is 4.52 Å². The third-order valence-corrected chi connectivity index (χ3v) is 3.86. The average Bonchev–Trinajstić information content (AvgIpc) is 3.07. The fourth-order valence-corrected chi connectivity index (χ4v) is 2.21. The van der Waals surface area contributed by atoms with Crippen molar-refractivity contribution in [3.63, 3.8) is 0 Å². The van der Waals surface area contributed by atoms with Gasteiger partial charge in [-0.3, -0.25) is 4.68 Å². The van der Waals surface area contributed by atoms with Crippen molar-refractivity contribution in [3.8, 4) is 11.4 Å². The molecule has 0 aliphatic heterocycles. The molecule has 0 saturated carbocycles. The molecule has 102 valence electrons. The molecule has 20 heavy (non-hydrogen) atoms. The molecule has 2 aromatic heterocycles. The lowest BCUT2D eigenvalue weighted by molar-refractivity contribution is 0.368. The Morgan fingerprint density at radius 2 is 2.05 bits per heavy atom. The predicted molar refractivity (Wildman–Crippen MR) is 78.1 cm³/mol. The van der Waals surface area contributed by atoms with E-state index < -0.39 is 0 Å². The van der Waals surface area contributed by atoms with Gasteiger partial charge < -0.3 is 4.52 Å². The van der Waals surface area contributed by atoms with Gasteiger partial charge in [-0.2, -0.15) is 10.1 Å². The summed E-state index contributed by atoms with van der Waals surface area (Å²) in [4.78, 5) is 4.40. The number of nitrogens with zero attached hydrogens (tertiary/aromatic N) is 4. The number of aryl methyl sites for hydroxylation is 2. The topological polar surface area (TPSA) is 56.7 Å². The maximum Gasteiger partial charge on any atom is 0.228 e. The van der Waals surface area contributed by atoms with Crippen molar-refractivity contribution in [1.82, 2.24) is 19.9 Å². The Morgan fingerprint density at radius 3 is 2.75 bits per heavy atom. The molecule has 0 bridgehead atoms. The Morgan fingerprint density at radius 1 is 1.25 bits per heavy atom. The van der Waals surface area contributed by atoms with Gasteiger partial charge in [0.25, 0.3) is 0 Å². The van der Waals surface area contributed by atoms with Crippen LogP contribution in [0.2, 0.25) is 0 Å². The number of hydrogen-bond acceptors (Lipinski definition) is 4. The first-order valence-electron chi connectivity index (χ1n) is 6.30. The van der Waals surface area contributed by atoms with E-state index in [-0.39, 0.29) is 0 Å². The summed E-state index contributed by atoms with van der Waals surface area (Å²) < 4.78 is 8.19. The van der Waals surface area contributed by atoms with E-state index in [0.717, 1.165) is 15.7 Å². The van der Waals surface area contributed by atoms with Gasteiger partial charge in [0, 0.05) is 17.7 Å². The summed E-state index contributed by atoms with van der Waals surface area (Å²) in [6.07, 6.45) is 2.45. The molecule has 0 spiro atoms. The van der Waals surface area contributed by atoms with Crippen LogP contribution in [0.4, 0.5) is 0 Å². The van der Waals surface area contributed by atoms with E-state index in [9.17, 15) is 0 Å². The highest BCUT2D eigenvalue weighted by Gasteiger charge is 2.09. The zero-order chi connectivity index (χ0) is 13.9. The van der Waals surface area contributed by atoms with Gasteiger partial charge in [-0.15, -0.1) is 0 Å². The third-order valence-electron chi connectivity index (χ3n) is 3.08. The van der Waals surface area contributed by atoms with Gasteiger partial charge in [0.05, 0.1) is 17.2 Å². The molecule has 0 saturated heterocycles. The molecule has 6 heteroatoms. The first-order chi connectivity index (χ1) is 9.74. The van der Waals surface area contributed by atoms with Crippen molar-refractivity contribution in [2.24, 2.45) is 0 Å². The van der Waals surface area contributed by atoms with Gasteiger partial charge in [0.2, 0.25) is 11.7 Å².